The summed E-state index contributed by atoms with van der Waals surface area (Å²) in [4.78, 5) is 0. The Morgan fingerprint density at radius 3 is 2.41 bits per heavy atom. The van der Waals surface area contributed by atoms with E-state index >= 15 is 0 Å². The Labute approximate surface area is 207 Å². The van der Waals surface area contributed by atoms with Crippen LogP contribution in [-0.4, -0.2) is 37.0 Å². The van der Waals surface area contributed by atoms with Crippen molar-refractivity contribution in [2.24, 2.45) is 17.3 Å². The molecule has 5 nitrogen and oxygen atoms in total. The first-order valence-electron chi connectivity index (χ1n) is 13.8. The molecule has 0 spiro atoms. The molecule has 0 radical (unpaired) electrons. The van der Waals surface area contributed by atoms with E-state index in [-0.39, 0.29) is 11.5 Å². The van der Waals surface area contributed by atoms with E-state index in [1.165, 1.54) is 11.1 Å². The van der Waals surface area contributed by atoms with Gasteiger partial charge in [0, 0.05) is 13.1 Å². The molecular weight excluding hydrogens is 446 g/mol. The molecule has 0 aliphatic heterocycles. The van der Waals surface area contributed by atoms with Crippen LogP contribution in [0.15, 0.2) is 18.2 Å². The molecule has 0 saturated heterocycles. The van der Waals surface area contributed by atoms with Crippen LogP contribution in [0.25, 0.3) is 0 Å². The maximum atomic E-state index is 13.5. The largest absolute Gasteiger partial charge is 0.508 e. The Kier molecular flexibility index (Phi) is 8.31. The number of unbranched alkanes of at least 4 members (excludes halogenated alkanes) is 4. The molecule has 2 saturated carbocycles. The highest BCUT2D eigenvalue weighted by Gasteiger charge is 2.56. The van der Waals surface area contributed by atoms with Crippen molar-refractivity contribution < 1.29 is 17.7 Å². The highest BCUT2D eigenvalue weighted by molar-refractivity contribution is 7.84. The first kappa shape index (κ1) is 26.0. The number of hydrogen-bond acceptors (Lipinski definition) is 4. The Morgan fingerprint density at radius 1 is 1.03 bits per heavy atom. The minimum absolute atomic E-state index is 0.0822. The standard InChI is InChI=1S/C28H45NO4S/c1-4-6-8-18-29(19-9-7-5-2)34(31,32)33-27-15-14-26-25-12-10-21-20-22(30)11-13-23(21)24(25)16-17-28(26,27)3/h11,13,20,24-27,30H,4-10,12,14-19H2,1-3H3/t24-,25-,26+,27+,28+/m1/s1. The predicted octanol–water partition coefficient (Wildman–Crippen LogP) is 6.56. The van der Waals surface area contributed by atoms with Gasteiger partial charge in [0.25, 0.3) is 0 Å². The highest BCUT2D eigenvalue weighted by atomic mass is 32.2. The summed E-state index contributed by atoms with van der Waals surface area (Å²) in [5, 5.41) is 9.92. The van der Waals surface area contributed by atoms with E-state index in [2.05, 4.69) is 26.8 Å². The SMILES string of the molecule is CCCCCN(CCCCC)S(=O)(=O)O[C@H]1CC[C@H]2[C@@H]3CCc4cc(O)ccc4[C@H]3CC[C@]12C. The van der Waals surface area contributed by atoms with Gasteiger partial charge in [-0.3, -0.25) is 4.18 Å². The van der Waals surface area contributed by atoms with E-state index in [4.69, 9.17) is 4.18 Å². The van der Waals surface area contributed by atoms with Crippen LogP contribution in [-0.2, 0) is 20.9 Å². The second-order valence-corrected chi connectivity index (χ2v) is 12.8. The molecule has 1 aromatic rings. The molecule has 3 aliphatic rings. The molecule has 1 aromatic carbocycles. The van der Waals surface area contributed by atoms with Crippen LogP contribution in [0.2, 0.25) is 0 Å². The number of benzene rings is 1. The number of phenols is 1. The summed E-state index contributed by atoms with van der Waals surface area (Å²) in [6, 6.07) is 5.90. The Hall–Kier alpha value is -1.11. The van der Waals surface area contributed by atoms with Crippen molar-refractivity contribution in [2.45, 2.75) is 110 Å². The molecule has 3 aliphatic carbocycles. The zero-order valence-electron chi connectivity index (χ0n) is 21.5. The van der Waals surface area contributed by atoms with Crippen LogP contribution in [0.3, 0.4) is 0 Å². The minimum Gasteiger partial charge on any atom is -0.508 e. The van der Waals surface area contributed by atoms with Gasteiger partial charge in [-0.2, -0.15) is 12.7 Å². The Bertz CT molecular complexity index is 922. The van der Waals surface area contributed by atoms with Crippen molar-refractivity contribution in [2.75, 3.05) is 13.1 Å². The van der Waals surface area contributed by atoms with Crippen molar-refractivity contribution in [1.82, 2.24) is 4.31 Å². The van der Waals surface area contributed by atoms with E-state index in [0.29, 0.717) is 36.6 Å². The third-order valence-electron chi connectivity index (χ3n) is 9.20. The minimum atomic E-state index is -3.73. The molecule has 1 N–H and O–H groups in total. The molecule has 0 aromatic heterocycles. The average Bonchev–Trinajstić information content (AvgIpc) is 3.13. The van der Waals surface area contributed by atoms with Gasteiger partial charge < -0.3 is 5.11 Å². The molecule has 34 heavy (non-hydrogen) atoms. The zero-order chi connectivity index (χ0) is 24.3. The summed E-state index contributed by atoms with van der Waals surface area (Å²) in [5.74, 6) is 1.97. The van der Waals surface area contributed by atoms with Crippen LogP contribution in [0, 0.1) is 17.3 Å². The fraction of sp³-hybridized carbons (Fsp3) is 0.786. The summed E-state index contributed by atoms with van der Waals surface area (Å²) in [6.07, 6.45) is 11.9. The van der Waals surface area contributed by atoms with Crippen molar-refractivity contribution in [3.8, 4) is 5.75 Å². The van der Waals surface area contributed by atoms with Crippen molar-refractivity contribution in [3.63, 3.8) is 0 Å². The number of aryl methyl sites for hydroxylation is 1. The van der Waals surface area contributed by atoms with Crippen LogP contribution in [0.5, 0.6) is 5.75 Å². The van der Waals surface area contributed by atoms with Gasteiger partial charge in [-0.05, 0) is 97.8 Å². The maximum absolute atomic E-state index is 13.5. The number of nitrogens with zero attached hydrogens (tertiary/aromatic N) is 1. The van der Waals surface area contributed by atoms with Gasteiger partial charge in [0.1, 0.15) is 5.75 Å². The van der Waals surface area contributed by atoms with E-state index in [0.717, 1.165) is 77.0 Å². The monoisotopic (exact) mass is 491 g/mol. The molecule has 0 bridgehead atoms. The lowest BCUT2D eigenvalue weighted by atomic mass is 9.55. The average molecular weight is 492 g/mol. The molecule has 192 valence electrons. The van der Waals surface area contributed by atoms with Crippen molar-refractivity contribution in [3.05, 3.63) is 29.3 Å². The van der Waals surface area contributed by atoms with Crippen LogP contribution in [0.4, 0.5) is 0 Å². The Balaban J connectivity index is 1.47. The lowest BCUT2D eigenvalue weighted by Gasteiger charge is -2.50. The second-order valence-electron chi connectivity index (χ2n) is 11.3. The maximum Gasteiger partial charge on any atom is 0.338 e. The topological polar surface area (TPSA) is 66.8 Å². The Morgan fingerprint density at radius 2 is 1.74 bits per heavy atom. The molecule has 2 fully saturated rings. The number of hydrogen-bond donors (Lipinski definition) is 1. The molecule has 0 unspecified atom stereocenters. The van der Waals surface area contributed by atoms with E-state index in [9.17, 15) is 13.5 Å². The van der Waals surface area contributed by atoms with Crippen molar-refractivity contribution >= 4 is 10.3 Å². The van der Waals surface area contributed by atoms with Gasteiger partial charge in [0.05, 0.1) is 6.10 Å². The quantitative estimate of drug-likeness (QED) is 0.356. The normalized spacial score (nSPS) is 30.7. The first-order valence-corrected chi connectivity index (χ1v) is 15.2. The van der Waals surface area contributed by atoms with Gasteiger partial charge in [0.15, 0.2) is 0 Å². The summed E-state index contributed by atoms with van der Waals surface area (Å²) in [5.41, 5.74) is 2.63. The molecule has 0 heterocycles. The number of phenolic OH excluding ortho intramolecular Hbond substituents is 1. The van der Waals surface area contributed by atoms with E-state index < -0.39 is 10.3 Å². The summed E-state index contributed by atoms with van der Waals surface area (Å²) >= 11 is 0. The fourth-order valence-corrected chi connectivity index (χ4v) is 8.73. The molecule has 0 amide bonds. The third kappa shape index (κ3) is 5.19. The molecule has 5 atom stereocenters. The molecule has 4 rings (SSSR count). The van der Waals surface area contributed by atoms with Crippen LogP contribution in [0.1, 0.15) is 108 Å². The summed E-state index contributed by atoms with van der Waals surface area (Å²) < 4.78 is 34.7. The van der Waals surface area contributed by atoms with Gasteiger partial charge in [0.2, 0.25) is 0 Å². The lowest BCUT2D eigenvalue weighted by Crippen LogP contribution is -2.46. The zero-order valence-corrected chi connectivity index (χ0v) is 22.3. The molecule has 6 heteroatoms. The van der Waals surface area contributed by atoms with E-state index in [1.54, 1.807) is 4.31 Å². The fourth-order valence-electron chi connectivity index (χ4n) is 7.30. The summed E-state index contributed by atoms with van der Waals surface area (Å²) in [6.45, 7) is 7.73. The van der Waals surface area contributed by atoms with Gasteiger partial charge >= 0.3 is 10.3 Å². The van der Waals surface area contributed by atoms with Crippen LogP contribution < -0.4 is 0 Å². The first-order chi connectivity index (χ1) is 16.3. The van der Waals surface area contributed by atoms with Gasteiger partial charge in [-0.25, -0.2) is 0 Å². The third-order valence-corrected chi connectivity index (χ3v) is 10.7. The van der Waals surface area contributed by atoms with Gasteiger partial charge in [-0.15, -0.1) is 0 Å². The van der Waals surface area contributed by atoms with E-state index in [1.807, 2.05) is 12.1 Å². The van der Waals surface area contributed by atoms with Gasteiger partial charge in [-0.1, -0.05) is 52.5 Å². The lowest BCUT2D eigenvalue weighted by molar-refractivity contribution is -0.0111. The summed E-state index contributed by atoms with van der Waals surface area (Å²) in [7, 11) is -3.73. The van der Waals surface area contributed by atoms with Crippen LogP contribution >= 0.6 is 0 Å². The highest BCUT2D eigenvalue weighted by Crippen LogP contribution is 2.61. The molecular formula is C28H45NO4S. The van der Waals surface area contributed by atoms with Crippen molar-refractivity contribution in [1.29, 1.82) is 0 Å². The predicted molar refractivity (Wildman–Crippen MR) is 137 cm³/mol. The second kappa shape index (κ2) is 10.9. The smallest absolute Gasteiger partial charge is 0.338 e. The number of aromatic hydroxyl groups is 1. The number of rotatable bonds is 11. The number of fused-ring (bicyclic) bond motifs is 5.